The van der Waals surface area contributed by atoms with Gasteiger partial charge < -0.3 is 16.0 Å². The highest BCUT2D eigenvalue weighted by Gasteiger charge is 2.41. The Kier molecular flexibility index (Phi) is 6.95. The molecule has 0 spiro atoms. The number of hydrogen-bond donors (Lipinski definition) is 3. The van der Waals surface area contributed by atoms with Gasteiger partial charge in [0, 0.05) is 12.0 Å². The van der Waals surface area contributed by atoms with Crippen molar-refractivity contribution < 1.29 is 22.9 Å². The maximum atomic E-state index is 14.7. The minimum absolute atomic E-state index is 0.154. The first-order valence-electron chi connectivity index (χ1n) is 11.2. The minimum atomic E-state index is -1.36. The number of halogens is 2. The van der Waals surface area contributed by atoms with Crippen LogP contribution in [0.4, 0.5) is 8.78 Å². The molecule has 2 amide bonds. The average molecular weight is 470 g/mol. The Labute approximate surface area is 196 Å². The van der Waals surface area contributed by atoms with Crippen LogP contribution in [-0.4, -0.2) is 64.3 Å². The van der Waals surface area contributed by atoms with Gasteiger partial charge in [0.25, 0.3) is 5.91 Å². The maximum Gasteiger partial charge on any atom is 0.258 e. The number of carbonyl (C=O) groups excluding carboxylic acids is 2. The number of aromatic nitrogens is 1. The van der Waals surface area contributed by atoms with E-state index in [0.717, 1.165) is 35.0 Å². The molecule has 1 aromatic heterocycles. The first-order valence-corrected chi connectivity index (χ1v) is 11.2. The third-order valence-corrected chi connectivity index (χ3v) is 6.18. The molecular formula is C24H27F2N6O2+. The molecule has 2 aromatic rings. The Hall–Kier alpha value is -3.69. The van der Waals surface area contributed by atoms with E-state index in [1.807, 2.05) is 6.07 Å². The number of pyridine rings is 1. The smallest absolute Gasteiger partial charge is 0.258 e. The lowest BCUT2D eigenvalue weighted by Crippen LogP contribution is -2.49. The predicted octanol–water partition coefficient (Wildman–Crippen LogP) is 1.85. The van der Waals surface area contributed by atoms with E-state index in [1.165, 1.54) is 0 Å². The zero-order valence-corrected chi connectivity index (χ0v) is 18.5. The number of nitrogens with two attached hydrogens (primary N) is 1. The summed E-state index contributed by atoms with van der Waals surface area (Å²) in [5.74, 6) is -1.45. The first-order chi connectivity index (χ1) is 16.4. The van der Waals surface area contributed by atoms with E-state index in [2.05, 4.69) is 10.3 Å². The summed E-state index contributed by atoms with van der Waals surface area (Å²) in [5, 5.41) is 10.1. The maximum absolute atomic E-state index is 14.7. The van der Waals surface area contributed by atoms with Gasteiger partial charge >= 0.3 is 0 Å². The van der Waals surface area contributed by atoms with Crippen LogP contribution < -0.4 is 11.1 Å². The Morgan fingerprint density at radius 2 is 2.00 bits per heavy atom. The molecule has 178 valence electrons. The summed E-state index contributed by atoms with van der Waals surface area (Å²) in [5.41, 5.74) is 6.96. The Morgan fingerprint density at radius 3 is 2.62 bits per heavy atom. The molecule has 0 bridgehead atoms. The zero-order valence-electron chi connectivity index (χ0n) is 18.5. The SMILES string of the molecule is N=C[N+](=CN)CC(=O)N1C[C@H](F)C[C@H]1C(=O)N[C@@H](c1ccccc1)c1ccc(C2CC2)c(F)n1. The van der Waals surface area contributed by atoms with Crippen molar-refractivity contribution in [3.63, 3.8) is 0 Å². The quantitative estimate of drug-likeness (QED) is 0.237. The summed E-state index contributed by atoms with van der Waals surface area (Å²) in [7, 11) is 0. The lowest BCUT2D eigenvalue weighted by molar-refractivity contribution is -0.384. The Balaban J connectivity index is 1.58. The molecule has 1 saturated heterocycles. The molecule has 1 aliphatic carbocycles. The normalized spacial score (nSPS) is 21.2. The van der Waals surface area contributed by atoms with Gasteiger partial charge in [-0.15, -0.1) is 0 Å². The van der Waals surface area contributed by atoms with Crippen LogP contribution in [0.2, 0.25) is 0 Å². The molecule has 8 nitrogen and oxygen atoms in total. The molecule has 10 heteroatoms. The number of benzene rings is 1. The molecule has 3 atom stereocenters. The largest absolute Gasteiger partial charge is 0.342 e. The number of nitrogens with one attached hydrogen (secondary N) is 2. The fourth-order valence-electron chi connectivity index (χ4n) is 4.23. The van der Waals surface area contributed by atoms with E-state index in [9.17, 15) is 18.4 Å². The number of rotatable bonds is 8. The van der Waals surface area contributed by atoms with Crippen LogP contribution in [-0.2, 0) is 9.59 Å². The van der Waals surface area contributed by atoms with E-state index in [0.29, 0.717) is 16.8 Å². The summed E-state index contributed by atoms with van der Waals surface area (Å²) < 4.78 is 30.1. The van der Waals surface area contributed by atoms with E-state index >= 15 is 0 Å². The zero-order chi connectivity index (χ0) is 24.2. The summed E-state index contributed by atoms with van der Waals surface area (Å²) >= 11 is 0. The van der Waals surface area contributed by atoms with Crippen LogP contribution in [0.5, 0.6) is 0 Å². The predicted molar refractivity (Wildman–Crippen MR) is 122 cm³/mol. The molecule has 34 heavy (non-hydrogen) atoms. The van der Waals surface area contributed by atoms with E-state index in [-0.39, 0.29) is 25.4 Å². The number of carbonyl (C=O) groups is 2. The van der Waals surface area contributed by atoms with Crippen LogP contribution in [0.3, 0.4) is 0 Å². The van der Waals surface area contributed by atoms with Crippen molar-refractivity contribution in [3.8, 4) is 0 Å². The second-order valence-electron chi connectivity index (χ2n) is 8.59. The van der Waals surface area contributed by atoms with Gasteiger partial charge in [-0.25, -0.2) is 13.9 Å². The number of hydrogen-bond acceptors (Lipinski definition) is 4. The van der Waals surface area contributed by atoms with Gasteiger partial charge in [-0.05, 0) is 30.4 Å². The summed E-state index contributed by atoms with van der Waals surface area (Å²) in [6.45, 7) is -0.514. The lowest BCUT2D eigenvalue weighted by atomic mass is 10.0. The molecule has 0 unspecified atom stereocenters. The fourth-order valence-corrected chi connectivity index (χ4v) is 4.23. The number of alkyl halides is 1. The third-order valence-electron chi connectivity index (χ3n) is 6.18. The van der Waals surface area contributed by atoms with Crippen LogP contribution in [0.25, 0.3) is 0 Å². The molecule has 4 N–H and O–H groups in total. The molecule has 2 fully saturated rings. The summed E-state index contributed by atoms with van der Waals surface area (Å²) in [6, 6.07) is 10.6. The standard InChI is InChI=1S/C24H26F2N6O2/c25-17-10-20(32(11-17)21(33)12-31(13-27)14-28)24(34)30-22(16-4-2-1-3-5-16)19-9-8-18(15-6-7-15)23(26)29-19/h1-5,8-9,13-15,17,20,22,27-28H,6-7,10-12H2,(H,30,34)/p+1/t17-,20+,22+/m1/s1. The van der Waals surface area contributed by atoms with Crippen LogP contribution in [0.1, 0.15) is 48.0 Å². The van der Waals surface area contributed by atoms with Crippen molar-refractivity contribution in [2.45, 2.75) is 43.4 Å². The lowest BCUT2D eigenvalue weighted by Gasteiger charge is -2.26. The van der Waals surface area contributed by atoms with Crippen molar-refractivity contribution in [1.29, 1.82) is 5.41 Å². The highest BCUT2D eigenvalue weighted by molar-refractivity contribution is 5.89. The molecule has 1 aromatic carbocycles. The first kappa shape index (κ1) is 23.5. The topological polar surface area (TPSA) is 115 Å². The number of amides is 2. The van der Waals surface area contributed by atoms with Crippen LogP contribution >= 0.6 is 0 Å². The van der Waals surface area contributed by atoms with Crippen molar-refractivity contribution in [2.24, 2.45) is 5.73 Å². The monoisotopic (exact) mass is 469 g/mol. The van der Waals surface area contributed by atoms with Crippen molar-refractivity contribution >= 4 is 24.5 Å². The van der Waals surface area contributed by atoms with E-state index in [1.54, 1.807) is 36.4 Å². The minimum Gasteiger partial charge on any atom is -0.342 e. The van der Waals surface area contributed by atoms with Crippen LogP contribution in [0.15, 0.2) is 42.5 Å². The molecular weight excluding hydrogens is 442 g/mol. The Bertz CT molecular complexity index is 1110. The van der Waals surface area contributed by atoms with Crippen molar-refractivity contribution in [1.82, 2.24) is 15.2 Å². The second-order valence-corrected chi connectivity index (χ2v) is 8.59. The van der Waals surface area contributed by atoms with Gasteiger partial charge in [-0.1, -0.05) is 36.4 Å². The third kappa shape index (κ3) is 5.11. The molecule has 2 heterocycles. The fraction of sp³-hybridized carbons (Fsp3) is 0.375. The Morgan fingerprint density at radius 1 is 1.26 bits per heavy atom. The van der Waals surface area contributed by atoms with Gasteiger partial charge in [0.15, 0.2) is 6.34 Å². The van der Waals surface area contributed by atoms with Crippen molar-refractivity contribution in [3.05, 3.63) is 65.2 Å². The molecule has 1 aliphatic heterocycles. The molecule has 4 rings (SSSR count). The summed E-state index contributed by atoms with van der Waals surface area (Å²) in [4.78, 5) is 31.3. The number of nitrogens with zero attached hydrogens (tertiary/aromatic N) is 3. The molecule has 0 radical (unpaired) electrons. The van der Waals surface area contributed by atoms with Gasteiger partial charge in [0.05, 0.1) is 18.3 Å². The van der Waals surface area contributed by atoms with Gasteiger partial charge in [0.2, 0.25) is 18.2 Å². The van der Waals surface area contributed by atoms with E-state index in [4.69, 9.17) is 11.1 Å². The van der Waals surface area contributed by atoms with Gasteiger partial charge in [-0.2, -0.15) is 9.80 Å². The highest BCUT2D eigenvalue weighted by atomic mass is 19.1. The molecule has 1 saturated carbocycles. The summed E-state index contributed by atoms with van der Waals surface area (Å²) in [6.07, 6.45) is 2.28. The van der Waals surface area contributed by atoms with Gasteiger partial charge in [0.1, 0.15) is 18.8 Å². The average Bonchev–Trinajstić information content (AvgIpc) is 3.61. The molecule has 2 aliphatic rings. The highest BCUT2D eigenvalue weighted by Crippen LogP contribution is 2.41. The van der Waals surface area contributed by atoms with Gasteiger partial charge in [-0.3, -0.25) is 9.59 Å². The number of likely N-dealkylation sites (tertiary alicyclic amines) is 1. The van der Waals surface area contributed by atoms with Crippen LogP contribution in [0, 0.1) is 11.4 Å². The van der Waals surface area contributed by atoms with E-state index < -0.39 is 36.0 Å². The van der Waals surface area contributed by atoms with Crippen molar-refractivity contribution in [2.75, 3.05) is 13.1 Å². The second kappa shape index (κ2) is 10.1.